The molecule has 5 nitrogen and oxygen atoms in total. The van der Waals surface area contributed by atoms with Crippen LogP contribution in [0.4, 0.5) is 16.6 Å². The molecule has 0 radical (unpaired) electrons. The van der Waals surface area contributed by atoms with Crippen LogP contribution in [0.3, 0.4) is 0 Å². The van der Waals surface area contributed by atoms with E-state index in [1.54, 1.807) is 6.07 Å². The van der Waals surface area contributed by atoms with Gasteiger partial charge in [-0.25, -0.2) is 4.98 Å². The molecule has 0 aliphatic heterocycles. The highest BCUT2D eigenvalue weighted by atomic mass is 79.9. The van der Waals surface area contributed by atoms with Crippen molar-refractivity contribution in [2.24, 2.45) is 0 Å². The highest BCUT2D eigenvalue weighted by Crippen LogP contribution is 2.29. The summed E-state index contributed by atoms with van der Waals surface area (Å²) in [6.07, 6.45) is 0. The zero-order valence-electron chi connectivity index (χ0n) is 11.4. The fourth-order valence-electron chi connectivity index (χ4n) is 1.57. The molecule has 0 spiro atoms. The molecule has 2 aromatic rings. The van der Waals surface area contributed by atoms with E-state index in [1.807, 2.05) is 26.0 Å². The number of nitrogen functional groups attached to an aromatic ring is 1. The molecule has 0 fully saturated rings. The van der Waals surface area contributed by atoms with E-state index in [0.717, 1.165) is 8.95 Å². The monoisotopic (exact) mass is 432 g/mol. The molecule has 2 rings (SSSR count). The third-order valence-corrected chi connectivity index (χ3v) is 4.60. The molecule has 1 aromatic heterocycles. The van der Waals surface area contributed by atoms with Crippen molar-refractivity contribution >= 4 is 65.7 Å². The first kappa shape index (κ1) is 16.3. The van der Waals surface area contributed by atoms with E-state index < -0.39 is 0 Å². The minimum atomic E-state index is -0.273. The molecule has 1 amide bonds. The van der Waals surface area contributed by atoms with Crippen molar-refractivity contribution in [1.82, 2.24) is 4.98 Å². The molecule has 0 saturated heterocycles. The van der Waals surface area contributed by atoms with Crippen molar-refractivity contribution in [2.75, 3.05) is 16.4 Å². The Balaban J connectivity index is 2.18. The average molecular weight is 434 g/mol. The van der Waals surface area contributed by atoms with Crippen LogP contribution < -0.4 is 16.4 Å². The number of carbonyl (C=O) groups excluding carboxylic acids is 1. The lowest BCUT2D eigenvalue weighted by Crippen LogP contribution is -2.12. The highest BCUT2D eigenvalue weighted by molar-refractivity contribution is 9.11. The Morgan fingerprint density at radius 3 is 2.71 bits per heavy atom. The summed E-state index contributed by atoms with van der Waals surface area (Å²) in [5, 5.41) is 6.59. The number of thiazole rings is 1. The van der Waals surface area contributed by atoms with Gasteiger partial charge >= 0.3 is 0 Å². The molecule has 0 unspecified atom stereocenters. The Bertz CT molecular complexity index is 672. The lowest BCUT2D eigenvalue weighted by Gasteiger charge is -2.06. The van der Waals surface area contributed by atoms with Crippen molar-refractivity contribution in [3.63, 3.8) is 0 Å². The number of rotatable bonds is 4. The van der Waals surface area contributed by atoms with Crippen molar-refractivity contribution in [3.05, 3.63) is 32.0 Å². The van der Waals surface area contributed by atoms with Crippen LogP contribution in [0.5, 0.6) is 0 Å². The Morgan fingerprint density at radius 2 is 2.10 bits per heavy atom. The zero-order valence-corrected chi connectivity index (χ0v) is 15.4. The summed E-state index contributed by atoms with van der Waals surface area (Å²) in [4.78, 5) is 16.8. The number of nitrogens with two attached hydrogens (primary N) is 1. The van der Waals surface area contributed by atoms with E-state index in [9.17, 15) is 4.79 Å². The van der Waals surface area contributed by atoms with Crippen LogP contribution in [0.1, 0.15) is 23.5 Å². The maximum absolute atomic E-state index is 12.3. The molecule has 1 aromatic carbocycles. The maximum atomic E-state index is 12.3. The van der Waals surface area contributed by atoms with Gasteiger partial charge in [0.05, 0.1) is 5.69 Å². The van der Waals surface area contributed by atoms with Crippen LogP contribution >= 0.6 is 43.2 Å². The first-order valence-corrected chi connectivity index (χ1v) is 8.56. The minimum Gasteiger partial charge on any atom is -0.382 e. The van der Waals surface area contributed by atoms with Gasteiger partial charge in [-0.1, -0.05) is 27.3 Å². The summed E-state index contributed by atoms with van der Waals surface area (Å²) in [5.74, 6) is -0.0429. The van der Waals surface area contributed by atoms with Gasteiger partial charge in [0.15, 0.2) is 5.13 Å². The number of halogens is 2. The zero-order chi connectivity index (χ0) is 15.6. The summed E-state index contributed by atoms with van der Waals surface area (Å²) in [7, 11) is 0. The third kappa shape index (κ3) is 4.18. The topological polar surface area (TPSA) is 80.0 Å². The van der Waals surface area contributed by atoms with Crippen LogP contribution in [0.2, 0.25) is 0 Å². The number of hydrogen-bond donors (Lipinski definition) is 3. The number of amides is 1. The molecule has 21 heavy (non-hydrogen) atoms. The van der Waals surface area contributed by atoms with Gasteiger partial charge in [0, 0.05) is 15.0 Å². The number of benzene rings is 1. The lowest BCUT2D eigenvalue weighted by molar-refractivity contribution is 0.103. The molecule has 0 bridgehead atoms. The molecule has 8 heteroatoms. The van der Waals surface area contributed by atoms with Crippen molar-refractivity contribution < 1.29 is 4.79 Å². The summed E-state index contributed by atoms with van der Waals surface area (Å²) >= 11 is 8.01. The fraction of sp³-hybridized carbons (Fsp3) is 0.231. The second-order valence-electron chi connectivity index (χ2n) is 4.61. The number of anilines is 3. The number of carbonyl (C=O) groups is 1. The second kappa shape index (κ2) is 6.76. The minimum absolute atomic E-state index is 0.229. The van der Waals surface area contributed by atoms with Gasteiger partial charge in [-0.05, 0) is 48.0 Å². The fourth-order valence-corrected chi connectivity index (χ4v) is 3.65. The Labute approximate surface area is 143 Å². The van der Waals surface area contributed by atoms with Gasteiger partial charge < -0.3 is 16.4 Å². The number of nitrogens with zero attached hydrogens (tertiary/aromatic N) is 1. The Hall–Kier alpha value is -1.12. The lowest BCUT2D eigenvalue weighted by atomic mass is 10.3. The summed E-state index contributed by atoms with van der Waals surface area (Å²) < 4.78 is 1.71. The summed E-state index contributed by atoms with van der Waals surface area (Å²) in [6.45, 7) is 3.99. The van der Waals surface area contributed by atoms with Crippen LogP contribution in [0.15, 0.2) is 27.1 Å². The van der Waals surface area contributed by atoms with Crippen LogP contribution in [-0.4, -0.2) is 16.9 Å². The molecule has 4 N–H and O–H groups in total. The van der Waals surface area contributed by atoms with Gasteiger partial charge in [0.2, 0.25) is 0 Å². The van der Waals surface area contributed by atoms with E-state index in [2.05, 4.69) is 47.5 Å². The number of nitrogens with one attached hydrogen (secondary N) is 2. The van der Waals surface area contributed by atoms with E-state index in [4.69, 9.17) is 5.73 Å². The van der Waals surface area contributed by atoms with E-state index in [-0.39, 0.29) is 17.8 Å². The number of aromatic nitrogens is 1. The average Bonchev–Trinajstić information content (AvgIpc) is 2.72. The van der Waals surface area contributed by atoms with Gasteiger partial charge in [-0.3, -0.25) is 4.79 Å². The van der Waals surface area contributed by atoms with Crippen LogP contribution in [0, 0.1) is 0 Å². The van der Waals surface area contributed by atoms with Crippen molar-refractivity contribution in [2.45, 2.75) is 19.9 Å². The normalized spacial score (nSPS) is 10.7. The van der Waals surface area contributed by atoms with Crippen molar-refractivity contribution in [3.8, 4) is 0 Å². The van der Waals surface area contributed by atoms with Crippen LogP contribution in [0.25, 0.3) is 0 Å². The molecular formula is C13H14Br2N4OS. The van der Waals surface area contributed by atoms with Gasteiger partial charge in [-0.15, -0.1) is 0 Å². The summed E-state index contributed by atoms with van der Waals surface area (Å²) in [5.41, 5.74) is 6.49. The van der Waals surface area contributed by atoms with Gasteiger partial charge in [0.25, 0.3) is 5.91 Å². The smallest absolute Gasteiger partial charge is 0.269 e. The first-order chi connectivity index (χ1) is 9.86. The van der Waals surface area contributed by atoms with E-state index in [0.29, 0.717) is 15.7 Å². The number of hydrogen-bond acceptors (Lipinski definition) is 5. The third-order valence-electron chi connectivity index (χ3n) is 2.45. The maximum Gasteiger partial charge on any atom is 0.269 e. The van der Waals surface area contributed by atoms with E-state index >= 15 is 0 Å². The Kier molecular flexibility index (Phi) is 5.23. The predicted molar refractivity (Wildman–Crippen MR) is 95.1 cm³/mol. The van der Waals surface area contributed by atoms with Crippen LogP contribution in [-0.2, 0) is 0 Å². The largest absolute Gasteiger partial charge is 0.382 e. The molecule has 0 saturated carbocycles. The van der Waals surface area contributed by atoms with E-state index in [1.165, 1.54) is 11.3 Å². The summed E-state index contributed by atoms with van der Waals surface area (Å²) in [6, 6.07) is 5.74. The predicted octanol–water partition coefficient (Wildman–Crippen LogP) is 4.32. The Morgan fingerprint density at radius 1 is 1.38 bits per heavy atom. The quantitative estimate of drug-likeness (QED) is 0.670. The molecule has 0 atom stereocenters. The molecule has 0 aliphatic rings. The van der Waals surface area contributed by atoms with Crippen molar-refractivity contribution in [1.29, 1.82) is 0 Å². The molecule has 112 valence electrons. The molecular weight excluding hydrogens is 420 g/mol. The SMILES string of the molecule is CC(C)Nc1nc(N)c(C(=O)Nc2ccc(Br)cc2Br)s1. The first-order valence-electron chi connectivity index (χ1n) is 6.16. The standard InChI is InChI=1S/C13H14Br2N4OS/c1-6(2)17-13-19-11(16)10(21-13)12(20)18-9-4-3-7(14)5-8(9)15/h3-6H,16H2,1-2H3,(H,17,19)(H,18,20). The van der Waals surface area contributed by atoms with Gasteiger partial charge in [0.1, 0.15) is 10.7 Å². The second-order valence-corrected chi connectivity index (χ2v) is 7.38. The van der Waals surface area contributed by atoms with Gasteiger partial charge in [-0.2, -0.15) is 0 Å². The molecule has 0 aliphatic carbocycles. The highest BCUT2D eigenvalue weighted by Gasteiger charge is 2.17. The molecule has 1 heterocycles.